The number of phenolic OH excluding ortho intramolecular Hbond substituents is 1. The molecule has 4 atom stereocenters. The van der Waals surface area contributed by atoms with Gasteiger partial charge in [-0.25, -0.2) is 4.79 Å². The first-order chi connectivity index (χ1) is 19.4. The van der Waals surface area contributed by atoms with Crippen LogP contribution in [0.25, 0.3) is 0 Å². The van der Waals surface area contributed by atoms with Gasteiger partial charge in [0.15, 0.2) is 0 Å². The van der Waals surface area contributed by atoms with Crippen molar-refractivity contribution in [3.8, 4) is 5.75 Å². The second-order valence-electron chi connectivity index (χ2n) is 12.8. The van der Waals surface area contributed by atoms with Crippen molar-refractivity contribution in [2.75, 3.05) is 0 Å². The number of carbonyl (C=O) groups is 3. The van der Waals surface area contributed by atoms with Crippen LogP contribution in [0.4, 0.5) is 4.79 Å². The summed E-state index contributed by atoms with van der Waals surface area (Å²) in [5.41, 5.74) is 1.83. The van der Waals surface area contributed by atoms with Crippen LogP contribution in [0, 0.1) is 12.8 Å². The van der Waals surface area contributed by atoms with E-state index >= 15 is 0 Å². The molecule has 0 heterocycles. The van der Waals surface area contributed by atoms with Gasteiger partial charge in [0.1, 0.15) is 23.4 Å². The summed E-state index contributed by atoms with van der Waals surface area (Å²) in [5.74, 6) is -0.175. The van der Waals surface area contributed by atoms with Crippen LogP contribution in [0.3, 0.4) is 0 Å². The van der Waals surface area contributed by atoms with E-state index in [0.29, 0.717) is 0 Å². The van der Waals surface area contributed by atoms with Crippen LogP contribution >= 0.6 is 0 Å². The lowest BCUT2D eigenvalue weighted by atomic mass is 9.94. The van der Waals surface area contributed by atoms with Crippen molar-refractivity contribution >= 4 is 17.9 Å². The zero-order chi connectivity index (χ0) is 29.7. The third-order valence-corrected chi connectivity index (χ3v) is 7.92. The van der Waals surface area contributed by atoms with E-state index in [1.165, 1.54) is 6.42 Å². The molecule has 3 amide bonds. The van der Waals surface area contributed by atoms with Gasteiger partial charge in [-0.2, -0.15) is 0 Å². The second-order valence-corrected chi connectivity index (χ2v) is 12.8. The van der Waals surface area contributed by atoms with Crippen LogP contribution in [0.5, 0.6) is 5.75 Å². The number of hydrogen-bond donors (Lipinski definition) is 3. The zero-order valence-electron chi connectivity index (χ0n) is 25.0. The minimum absolute atomic E-state index is 0.0884. The van der Waals surface area contributed by atoms with Crippen molar-refractivity contribution in [3.05, 3.63) is 65.2 Å². The minimum atomic E-state index is -0.974. The van der Waals surface area contributed by atoms with Crippen molar-refractivity contribution < 1.29 is 24.2 Å². The highest BCUT2D eigenvalue weighted by Crippen LogP contribution is 2.41. The SMILES string of the molecule is Cc1ccc(C(C(=O)NC2CCCCC2)N(C(=O)C(Cc2ccc(O)cc2)NC(=O)OC(C)(C)C)C2CC2C)cc1. The number of amides is 3. The van der Waals surface area contributed by atoms with Crippen molar-refractivity contribution in [2.24, 2.45) is 5.92 Å². The number of rotatable bonds is 9. The molecule has 0 bridgehead atoms. The van der Waals surface area contributed by atoms with Crippen LogP contribution in [-0.2, 0) is 20.7 Å². The molecule has 2 saturated carbocycles. The Morgan fingerprint density at radius 2 is 1.61 bits per heavy atom. The van der Waals surface area contributed by atoms with Crippen molar-refractivity contribution in [3.63, 3.8) is 0 Å². The fourth-order valence-electron chi connectivity index (χ4n) is 5.58. The van der Waals surface area contributed by atoms with E-state index in [9.17, 15) is 19.5 Å². The monoisotopic (exact) mass is 563 g/mol. The zero-order valence-corrected chi connectivity index (χ0v) is 25.0. The Kier molecular flexibility index (Phi) is 9.61. The van der Waals surface area contributed by atoms with E-state index in [-0.39, 0.29) is 42.0 Å². The molecule has 0 spiro atoms. The summed E-state index contributed by atoms with van der Waals surface area (Å²) >= 11 is 0. The predicted molar refractivity (Wildman–Crippen MR) is 158 cm³/mol. The summed E-state index contributed by atoms with van der Waals surface area (Å²) in [6, 6.07) is 12.5. The fraction of sp³-hybridized carbons (Fsp3) is 0.545. The van der Waals surface area contributed by atoms with Crippen molar-refractivity contribution in [1.82, 2.24) is 15.5 Å². The highest BCUT2D eigenvalue weighted by atomic mass is 16.6. The molecule has 4 unspecified atom stereocenters. The maximum atomic E-state index is 14.5. The van der Waals surface area contributed by atoms with Crippen molar-refractivity contribution in [2.45, 2.75) is 109 Å². The Balaban J connectivity index is 1.70. The number of ether oxygens (including phenoxy) is 1. The van der Waals surface area contributed by atoms with Gasteiger partial charge in [0.05, 0.1) is 0 Å². The minimum Gasteiger partial charge on any atom is -0.508 e. The highest BCUT2D eigenvalue weighted by Gasteiger charge is 2.48. The molecule has 3 N–H and O–H groups in total. The average molecular weight is 564 g/mol. The van der Waals surface area contributed by atoms with Gasteiger partial charge in [-0.3, -0.25) is 9.59 Å². The Bertz CT molecular complexity index is 1200. The van der Waals surface area contributed by atoms with Crippen LogP contribution in [0.2, 0.25) is 0 Å². The first-order valence-electron chi connectivity index (χ1n) is 14.9. The van der Waals surface area contributed by atoms with Gasteiger partial charge in [0.2, 0.25) is 11.8 Å². The first-order valence-corrected chi connectivity index (χ1v) is 14.9. The Morgan fingerprint density at radius 3 is 2.17 bits per heavy atom. The molecule has 2 aromatic rings. The first kappa shape index (κ1) is 30.4. The van der Waals surface area contributed by atoms with Crippen LogP contribution in [0.15, 0.2) is 48.5 Å². The molecule has 41 heavy (non-hydrogen) atoms. The van der Waals surface area contributed by atoms with Gasteiger partial charge < -0.3 is 25.4 Å². The van der Waals surface area contributed by atoms with E-state index in [4.69, 9.17) is 4.74 Å². The van der Waals surface area contributed by atoms with Gasteiger partial charge in [-0.05, 0) is 76.1 Å². The van der Waals surface area contributed by atoms with Gasteiger partial charge in [0.25, 0.3) is 0 Å². The summed E-state index contributed by atoms with van der Waals surface area (Å²) in [4.78, 5) is 43.3. The molecule has 0 saturated heterocycles. The van der Waals surface area contributed by atoms with E-state index in [1.807, 2.05) is 31.2 Å². The molecule has 2 fully saturated rings. The molecule has 0 aliphatic heterocycles. The third kappa shape index (κ3) is 8.47. The lowest BCUT2D eigenvalue weighted by molar-refractivity contribution is -0.143. The van der Waals surface area contributed by atoms with Crippen molar-refractivity contribution in [1.29, 1.82) is 0 Å². The van der Waals surface area contributed by atoms with Gasteiger partial charge in [-0.1, -0.05) is 68.1 Å². The summed E-state index contributed by atoms with van der Waals surface area (Å²) in [5, 5.41) is 15.8. The lowest BCUT2D eigenvalue weighted by Crippen LogP contribution is -2.55. The normalized spacial score (nSPS) is 20.4. The molecule has 2 aromatic carbocycles. The Hall–Kier alpha value is -3.55. The highest BCUT2D eigenvalue weighted by molar-refractivity contribution is 5.93. The van der Waals surface area contributed by atoms with E-state index in [0.717, 1.165) is 48.8 Å². The van der Waals surface area contributed by atoms with Gasteiger partial charge >= 0.3 is 6.09 Å². The molecule has 222 valence electrons. The molecular formula is C33H45N3O5. The van der Waals surface area contributed by atoms with Crippen LogP contribution < -0.4 is 10.6 Å². The molecule has 2 aliphatic carbocycles. The molecule has 0 radical (unpaired) electrons. The standard InChI is InChI=1S/C33H45N3O5/c1-21-11-15-24(16-12-21)29(30(38)34-25-9-7-6-8-10-25)36(28-19-22(28)2)31(39)27(35-32(40)41-33(3,4)5)20-23-13-17-26(37)18-14-23/h11-18,22,25,27-29,37H,6-10,19-20H2,1-5H3,(H,34,38)(H,35,40). The summed E-state index contributed by atoms with van der Waals surface area (Å²) < 4.78 is 5.52. The maximum Gasteiger partial charge on any atom is 0.408 e. The van der Waals surface area contributed by atoms with E-state index in [1.54, 1.807) is 49.9 Å². The quantitative estimate of drug-likeness (QED) is 0.370. The number of alkyl carbamates (subject to hydrolysis) is 1. The molecule has 4 rings (SSSR count). The van der Waals surface area contributed by atoms with Crippen LogP contribution in [0.1, 0.15) is 89.0 Å². The fourth-order valence-corrected chi connectivity index (χ4v) is 5.58. The number of hydrogen-bond acceptors (Lipinski definition) is 5. The van der Waals surface area contributed by atoms with Gasteiger partial charge in [-0.15, -0.1) is 0 Å². The molecule has 8 heteroatoms. The second kappa shape index (κ2) is 13.0. The summed E-state index contributed by atoms with van der Waals surface area (Å²) in [6.45, 7) is 9.37. The predicted octanol–water partition coefficient (Wildman–Crippen LogP) is 5.56. The average Bonchev–Trinajstić information content (AvgIpc) is 3.63. The summed E-state index contributed by atoms with van der Waals surface area (Å²) in [7, 11) is 0. The molecule has 8 nitrogen and oxygen atoms in total. The largest absolute Gasteiger partial charge is 0.508 e. The number of aromatic hydroxyl groups is 1. The van der Waals surface area contributed by atoms with Gasteiger partial charge in [0, 0.05) is 18.5 Å². The lowest BCUT2D eigenvalue weighted by Gasteiger charge is -2.36. The Labute approximate surface area is 243 Å². The number of nitrogens with one attached hydrogen (secondary N) is 2. The number of aryl methyl sites for hydroxylation is 1. The number of nitrogens with zero attached hydrogens (tertiary/aromatic N) is 1. The number of carbonyl (C=O) groups excluding carboxylic acids is 3. The smallest absolute Gasteiger partial charge is 0.408 e. The van der Waals surface area contributed by atoms with E-state index in [2.05, 4.69) is 17.6 Å². The molecule has 2 aliphatic rings. The summed E-state index contributed by atoms with van der Waals surface area (Å²) in [6.07, 6.45) is 5.47. The third-order valence-electron chi connectivity index (χ3n) is 7.92. The van der Waals surface area contributed by atoms with Crippen LogP contribution in [-0.4, -0.2) is 51.6 Å². The molecular weight excluding hydrogens is 518 g/mol. The van der Waals surface area contributed by atoms with E-state index < -0.39 is 23.8 Å². The molecule has 0 aromatic heterocycles. The Morgan fingerprint density at radius 1 is 1.00 bits per heavy atom. The number of phenols is 1. The maximum absolute atomic E-state index is 14.5. The number of benzene rings is 2. The topological polar surface area (TPSA) is 108 Å².